The number of thiophene rings is 1. The molecule has 20 heavy (non-hydrogen) atoms. The number of nitrogens with one attached hydrogen (secondary N) is 1. The van der Waals surface area contributed by atoms with Gasteiger partial charge < -0.3 is 15.3 Å². The molecule has 0 aliphatic carbocycles. The van der Waals surface area contributed by atoms with Crippen molar-refractivity contribution in [2.75, 3.05) is 6.54 Å². The fourth-order valence-corrected chi connectivity index (χ4v) is 3.37. The van der Waals surface area contributed by atoms with E-state index in [1.165, 1.54) is 10.4 Å². The molecule has 1 aliphatic heterocycles. The Bertz CT molecular complexity index is 514. The first-order chi connectivity index (χ1) is 9.41. The van der Waals surface area contributed by atoms with Crippen LogP contribution < -0.4 is 5.32 Å². The third-order valence-electron chi connectivity index (χ3n) is 4.03. The maximum absolute atomic E-state index is 12.3. The normalized spacial score (nSPS) is 20.9. The first kappa shape index (κ1) is 14.8. The fraction of sp³-hybridized carbons (Fsp3) is 0.571. The van der Waals surface area contributed by atoms with Crippen LogP contribution in [0.1, 0.15) is 37.3 Å². The lowest BCUT2D eigenvalue weighted by Crippen LogP contribution is -2.49. The number of carbonyl (C=O) groups is 2. The molecule has 1 aromatic heterocycles. The predicted octanol–water partition coefficient (Wildman–Crippen LogP) is 2.49. The maximum Gasteiger partial charge on any atom is 0.318 e. The summed E-state index contributed by atoms with van der Waals surface area (Å²) in [6.45, 7) is 6.01. The van der Waals surface area contributed by atoms with Crippen molar-refractivity contribution in [2.24, 2.45) is 5.92 Å². The molecule has 5 nitrogen and oxygen atoms in total. The summed E-state index contributed by atoms with van der Waals surface area (Å²) in [6.07, 6.45) is 0.869. The summed E-state index contributed by atoms with van der Waals surface area (Å²) < 4.78 is 0. The van der Waals surface area contributed by atoms with Gasteiger partial charge in [0.05, 0.1) is 12.0 Å². The molecule has 1 aliphatic rings. The highest BCUT2D eigenvalue weighted by molar-refractivity contribution is 7.10. The number of urea groups is 1. The molecule has 0 fully saturated rings. The second-order valence-corrected chi connectivity index (χ2v) is 6.28. The van der Waals surface area contributed by atoms with E-state index >= 15 is 0 Å². The van der Waals surface area contributed by atoms with E-state index in [0.717, 1.165) is 6.42 Å². The van der Waals surface area contributed by atoms with Crippen molar-refractivity contribution in [1.29, 1.82) is 0 Å². The van der Waals surface area contributed by atoms with E-state index in [0.29, 0.717) is 6.54 Å². The highest BCUT2D eigenvalue weighted by Gasteiger charge is 2.30. The summed E-state index contributed by atoms with van der Waals surface area (Å²) in [5, 5.41) is 13.8. The van der Waals surface area contributed by atoms with E-state index in [1.54, 1.807) is 30.1 Å². The molecule has 2 heterocycles. The summed E-state index contributed by atoms with van der Waals surface area (Å²) in [5.74, 6) is -1.50. The highest BCUT2D eigenvalue weighted by Crippen LogP contribution is 2.32. The SMILES string of the molecule is CC(NC(=O)N1CCc2sccc2C1C)C(C)C(=O)O. The van der Waals surface area contributed by atoms with Crippen molar-refractivity contribution >= 4 is 23.3 Å². The second-order valence-electron chi connectivity index (χ2n) is 5.28. The molecule has 110 valence electrons. The first-order valence-corrected chi connectivity index (χ1v) is 7.66. The Morgan fingerprint density at radius 2 is 2.20 bits per heavy atom. The molecule has 1 aromatic rings. The van der Waals surface area contributed by atoms with Crippen molar-refractivity contribution in [3.63, 3.8) is 0 Å². The monoisotopic (exact) mass is 296 g/mol. The van der Waals surface area contributed by atoms with E-state index in [-0.39, 0.29) is 12.1 Å². The zero-order chi connectivity index (χ0) is 14.9. The van der Waals surface area contributed by atoms with Crippen LogP contribution in [0.5, 0.6) is 0 Å². The van der Waals surface area contributed by atoms with Crippen LogP contribution in [-0.2, 0) is 11.2 Å². The van der Waals surface area contributed by atoms with Gasteiger partial charge in [0.25, 0.3) is 0 Å². The lowest BCUT2D eigenvalue weighted by molar-refractivity contribution is -0.141. The maximum atomic E-state index is 12.3. The summed E-state index contributed by atoms with van der Waals surface area (Å²) >= 11 is 1.73. The predicted molar refractivity (Wildman–Crippen MR) is 77.9 cm³/mol. The fourth-order valence-electron chi connectivity index (χ4n) is 2.40. The molecule has 0 bridgehead atoms. The van der Waals surface area contributed by atoms with Crippen molar-refractivity contribution in [3.8, 4) is 0 Å². The van der Waals surface area contributed by atoms with Crippen molar-refractivity contribution in [3.05, 3.63) is 21.9 Å². The first-order valence-electron chi connectivity index (χ1n) is 6.78. The van der Waals surface area contributed by atoms with Crippen molar-refractivity contribution in [1.82, 2.24) is 10.2 Å². The smallest absolute Gasteiger partial charge is 0.318 e. The average molecular weight is 296 g/mol. The van der Waals surface area contributed by atoms with E-state index in [2.05, 4.69) is 16.8 Å². The number of fused-ring (bicyclic) bond motifs is 1. The van der Waals surface area contributed by atoms with E-state index < -0.39 is 17.9 Å². The number of aliphatic carboxylic acids is 1. The van der Waals surface area contributed by atoms with Crippen LogP contribution in [0.25, 0.3) is 0 Å². The number of nitrogens with zero attached hydrogens (tertiary/aromatic N) is 1. The van der Waals surface area contributed by atoms with Gasteiger partial charge in [0.1, 0.15) is 0 Å². The number of amides is 2. The van der Waals surface area contributed by atoms with E-state index in [9.17, 15) is 9.59 Å². The topological polar surface area (TPSA) is 69.6 Å². The van der Waals surface area contributed by atoms with Gasteiger partial charge in [0.15, 0.2) is 0 Å². The van der Waals surface area contributed by atoms with Crippen LogP contribution in [0.15, 0.2) is 11.4 Å². The molecule has 0 aromatic carbocycles. The molecule has 2 rings (SSSR count). The van der Waals surface area contributed by atoms with Crippen LogP contribution in [-0.4, -0.2) is 34.6 Å². The largest absolute Gasteiger partial charge is 0.481 e. The Hall–Kier alpha value is -1.56. The molecule has 0 saturated carbocycles. The van der Waals surface area contributed by atoms with Gasteiger partial charge in [-0.25, -0.2) is 4.79 Å². The molecule has 3 atom stereocenters. The minimum absolute atomic E-state index is 0.0392. The van der Waals surface area contributed by atoms with Gasteiger partial charge in [-0.3, -0.25) is 4.79 Å². The molecule has 6 heteroatoms. The van der Waals surface area contributed by atoms with Crippen LogP contribution >= 0.6 is 11.3 Å². The zero-order valence-electron chi connectivity index (χ0n) is 11.9. The number of carboxylic acids is 1. The van der Waals surface area contributed by atoms with Crippen molar-refractivity contribution < 1.29 is 14.7 Å². The lowest BCUT2D eigenvalue weighted by Gasteiger charge is -2.34. The summed E-state index contributed by atoms with van der Waals surface area (Å²) in [6, 6.07) is 1.52. The van der Waals surface area contributed by atoms with Crippen molar-refractivity contribution in [2.45, 2.75) is 39.3 Å². The Kier molecular flexibility index (Phi) is 4.32. The lowest BCUT2D eigenvalue weighted by atomic mass is 10.0. The number of hydrogen-bond acceptors (Lipinski definition) is 3. The van der Waals surface area contributed by atoms with Gasteiger partial charge >= 0.3 is 12.0 Å². The minimum atomic E-state index is -0.899. The van der Waals surface area contributed by atoms with Gasteiger partial charge in [-0.2, -0.15) is 0 Å². The van der Waals surface area contributed by atoms with Gasteiger partial charge in [0, 0.05) is 17.5 Å². The Labute approximate surface area is 122 Å². The van der Waals surface area contributed by atoms with Crippen LogP contribution in [0, 0.1) is 5.92 Å². The molecular formula is C14H20N2O3S. The summed E-state index contributed by atoms with van der Waals surface area (Å²) in [7, 11) is 0. The molecule has 2 amide bonds. The summed E-state index contributed by atoms with van der Waals surface area (Å²) in [4.78, 5) is 26.4. The van der Waals surface area contributed by atoms with Gasteiger partial charge in [-0.15, -0.1) is 11.3 Å². The van der Waals surface area contributed by atoms with E-state index in [4.69, 9.17) is 5.11 Å². The standard InChI is InChI=1S/C14H20N2O3S/c1-8(13(17)18)9(2)15-14(19)16-6-4-12-11(10(16)3)5-7-20-12/h5,7-10H,4,6H2,1-3H3,(H,15,19)(H,17,18). The highest BCUT2D eigenvalue weighted by atomic mass is 32.1. The number of hydrogen-bond donors (Lipinski definition) is 2. The number of carboxylic acid groups (broad SMARTS) is 1. The Morgan fingerprint density at radius 1 is 1.50 bits per heavy atom. The molecule has 0 radical (unpaired) electrons. The number of carbonyl (C=O) groups excluding carboxylic acids is 1. The molecular weight excluding hydrogens is 276 g/mol. The molecule has 0 saturated heterocycles. The third kappa shape index (κ3) is 2.80. The zero-order valence-corrected chi connectivity index (χ0v) is 12.7. The van der Waals surface area contributed by atoms with Gasteiger partial charge in [-0.1, -0.05) is 0 Å². The third-order valence-corrected chi connectivity index (χ3v) is 5.03. The average Bonchev–Trinajstić information content (AvgIpc) is 2.87. The Morgan fingerprint density at radius 3 is 2.85 bits per heavy atom. The van der Waals surface area contributed by atoms with Crippen LogP contribution in [0.2, 0.25) is 0 Å². The van der Waals surface area contributed by atoms with Gasteiger partial charge in [-0.05, 0) is 44.2 Å². The Balaban J connectivity index is 2.02. The van der Waals surface area contributed by atoms with Gasteiger partial charge in [0.2, 0.25) is 0 Å². The molecule has 2 N–H and O–H groups in total. The minimum Gasteiger partial charge on any atom is -0.481 e. The summed E-state index contributed by atoms with van der Waals surface area (Å²) in [5.41, 5.74) is 1.20. The van der Waals surface area contributed by atoms with Crippen LogP contribution in [0.4, 0.5) is 4.79 Å². The quantitative estimate of drug-likeness (QED) is 0.900. The van der Waals surface area contributed by atoms with Crippen LogP contribution in [0.3, 0.4) is 0 Å². The molecule has 0 spiro atoms. The number of rotatable bonds is 3. The van der Waals surface area contributed by atoms with E-state index in [1.807, 2.05) is 6.92 Å². The second kappa shape index (κ2) is 5.83. The molecule has 3 unspecified atom stereocenters.